The van der Waals surface area contributed by atoms with Crippen LogP contribution in [0.15, 0.2) is 35.7 Å². The number of carbonyl (C=O) groups excluding carboxylic acids is 1. The first-order valence-electron chi connectivity index (χ1n) is 11.5. The first-order valence-corrected chi connectivity index (χ1v) is 12.4. The number of nitrogens with zero attached hydrogens (tertiary/aromatic N) is 2. The lowest BCUT2D eigenvalue weighted by molar-refractivity contribution is -0.136. The standard InChI is InChI=1S/C26H32N2O4S/c1-3-13-31-17-21(29)15-27(20-6-7-20)16-26(30)28-12-10-25-23(11-14-33-25)24(28)18-32-22-8-4-19(2)5-9-22/h1,4-5,8-9,11,14,20-21,24,29H,6-7,10,12-13,15-18H2,2H3/t21-,24+/m1/s1. The van der Waals surface area contributed by atoms with Crippen molar-refractivity contribution >= 4 is 17.2 Å². The van der Waals surface area contributed by atoms with Crippen molar-refractivity contribution in [3.63, 3.8) is 0 Å². The smallest absolute Gasteiger partial charge is 0.237 e. The van der Waals surface area contributed by atoms with Gasteiger partial charge in [-0.3, -0.25) is 9.69 Å². The van der Waals surface area contributed by atoms with Crippen molar-refractivity contribution in [3.8, 4) is 18.1 Å². The highest BCUT2D eigenvalue weighted by atomic mass is 32.1. The van der Waals surface area contributed by atoms with Gasteiger partial charge >= 0.3 is 0 Å². The molecule has 176 valence electrons. The Labute approximate surface area is 200 Å². The van der Waals surface area contributed by atoms with Gasteiger partial charge in [0.25, 0.3) is 0 Å². The van der Waals surface area contributed by atoms with Crippen LogP contribution in [0, 0.1) is 19.3 Å². The zero-order valence-electron chi connectivity index (χ0n) is 19.1. The van der Waals surface area contributed by atoms with Crippen LogP contribution in [0.2, 0.25) is 0 Å². The Morgan fingerprint density at radius 2 is 2.12 bits per heavy atom. The van der Waals surface area contributed by atoms with Gasteiger partial charge in [-0.15, -0.1) is 17.8 Å². The molecule has 1 aromatic carbocycles. The van der Waals surface area contributed by atoms with Crippen LogP contribution < -0.4 is 4.74 Å². The molecule has 1 saturated carbocycles. The lowest BCUT2D eigenvalue weighted by atomic mass is 10.0. The van der Waals surface area contributed by atoms with Gasteiger partial charge in [0.2, 0.25) is 5.91 Å². The van der Waals surface area contributed by atoms with E-state index in [-0.39, 0.29) is 31.7 Å². The summed E-state index contributed by atoms with van der Waals surface area (Å²) in [5.41, 5.74) is 2.37. The zero-order valence-corrected chi connectivity index (χ0v) is 19.9. The monoisotopic (exact) mass is 468 g/mol. The van der Waals surface area contributed by atoms with Crippen molar-refractivity contribution in [1.29, 1.82) is 0 Å². The quantitative estimate of drug-likeness (QED) is 0.406. The molecule has 1 amide bonds. The summed E-state index contributed by atoms with van der Waals surface area (Å²) >= 11 is 1.75. The summed E-state index contributed by atoms with van der Waals surface area (Å²) in [5.74, 6) is 3.29. The number of hydrogen-bond donors (Lipinski definition) is 1. The first-order chi connectivity index (χ1) is 16.0. The van der Waals surface area contributed by atoms with Gasteiger partial charge in [0.05, 0.1) is 25.3 Å². The molecule has 0 unspecified atom stereocenters. The number of thiophene rings is 1. The van der Waals surface area contributed by atoms with Gasteiger partial charge in [-0.2, -0.15) is 0 Å². The summed E-state index contributed by atoms with van der Waals surface area (Å²) in [5, 5.41) is 12.4. The molecule has 2 aliphatic rings. The summed E-state index contributed by atoms with van der Waals surface area (Å²) in [6, 6.07) is 10.4. The van der Waals surface area contributed by atoms with E-state index in [1.54, 1.807) is 11.3 Å². The highest BCUT2D eigenvalue weighted by Gasteiger charge is 2.36. The summed E-state index contributed by atoms with van der Waals surface area (Å²) in [6.45, 7) is 4.20. The molecule has 1 aliphatic carbocycles. The number of carbonyl (C=O) groups is 1. The molecule has 0 spiro atoms. The maximum absolute atomic E-state index is 13.5. The molecular weight excluding hydrogens is 436 g/mol. The van der Waals surface area contributed by atoms with Crippen LogP contribution in [0.25, 0.3) is 0 Å². The molecule has 1 aromatic heterocycles. The molecule has 0 bridgehead atoms. The second kappa shape index (κ2) is 11.2. The van der Waals surface area contributed by atoms with Crippen molar-refractivity contribution in [1.82, 2.24) is 9.80 Å². The largest absolute Gasteiger partial charge is 0.491 e. The van der Waals surface area contributed by atoms with Crippen LogP contribution in [0.1, 0.15) is 34.9 Å². The van der Waals surface area contributed by atoms with E-state index in [0.29, 0.717) is 25.7 Å². The molecule has 2 aromatic rings. The van der Waals surface area contributed by atoms with E-state index in [1.165, 1.54) is 16.0 Å². The minimum atomic E-state index is -0.669. The first kappa shape index (κ1) is 23.8. The Balaban J connectivity index is 1.41. The van der Waals surface area contributed by atoms with Gasteiger partial charge in [-0.05, 0) is 55.3 Å². The number of aryl methyl sites for hydroxylation is 1. The van der Waals surface area contributed by atoms with Crippen molar-refractivity contribution in [2.75, 3.05) is 39.5 Å². The number of aliphatic hydroxyl groups is 1. The SMILES string of the molecule is C#CCOC[C@H](O)CN(CC(=O)N1CCc2sccc2[C@@H]1COc1ccc(C)cc1)C1CC1. The molecule has 6 nitrogen and oxygen atoms in total. The minimum absolute atomic E-state index is 0.0769. The van der Waals surface area contributed by atoms with Gasteiger partial charge in [-0.25, -0.2) is 0 Å². The molecule has 0 radical (unpaired) electrons. The highest BCUT2D eigenvalue weighted by molar-refractivity contribution is 7.10. The Morgan fingerprint density at radius 1 is 1.33 bits per heavy atom. The fraction of sp³-hybridized carbons (Fsp3) is 0.500. The molecule has 33 heavy (non-hydrogen) atoms. The van der Waals surface area contributed by atoms with E-state index < -0.39 is 6.10 Å². The third-order valence-electron chi connectivity index (χ3n) is 6.19. The molecule has 2 atom stereocenters. The molecule has 2 heterocycles. The average Bonchev–Trinajstić information content (AvgIpc) is 3.55. The van der Waals surface area contributed by atoms with Gasteiger partial charge in [-0.1, -0.05) is 23.6 Å². The Hall–Kier alpha value is -2.37. The van der Waals surface area contributed by atoms with E-state index >= 15 is 0 Å². The molecule has 0 saturated heterocycles. The molecule has 7 heteroatoms. The predicted molar refractivity (Wildman–Crippen MR) is 129 cm³/mol. The van der Waals surface area contributed by atoms with Crippen molar-refractivity contribution < 1.29 is 19.4 Å². The second-order valence-electron chi connectivity index (χ2n) is 8.81. The topological polar surface area (TPSA) is 62.2 Å². The summed E-state index contributed by atoms with van der Waals surface area (Å²) in [4.78, 5) is 18.9. The highest BCUT2D eigenvalue weighted by Crippen LogP contribution is 2.34. The molecule has 1 aliphatic heterocycles. The number of rotatable bonds is 11. The molecule has 1 N–H and O–H groups in total. The van der Waals surface area contributed by atoms with Crippen LogP contribution in [0.5, 0.6) is 5.75 Å². The van der Waals surface area contributed by atoms with Crippen LogP contribution >= 0.6 is 11.3 Å². The van der Waals surface area contributed by atoms with Crippen LogP contribution in [0.3, 0.4) is 0 Å². The average molecular weight is 469 g/mol. The number of terminal acetylenes is 1. The summed E-state index contributed by atoms with van der Waals surface area (Å²) < 4.78 is 11.4. The number of fused-ring (bicyclic) bond motifs is 1. The summed E-state index contributed by atoms with van der Waals surface area (Å²) in [7, 11) is 0. The lowest BCUT2D eigenvalue weighted by Gasteiger charge is -2.37. The third kappa shape index (κ3) is 6.36. The Kier molecular flexibility index (Phi) is 8.05. The van der Waals surface area contributed by atoms with Gasteiger partial charge in [0.15, 0.2) is 0 Å². The lowest BCUT2D eigenvalue weighted by Crippen LogP contribution is -2.48. The predicted octanol–water partition coefficient (Wildman–Crippen LogP) is 3.04. The van der Waals surface area contributed by atoms with E-state index in [4.69, 9.17) is 15.9 Å². The van der Waals surface area contributed by atoms with E-state index in [9.17, 15) is 9.90 Å². The molecule has 4 rings (SSSR count). The van der Waals surface area contributed by atoms with Crippen molar-refractivity contribution in [3.05, 3.63) is 51.7 Å². The number of aliphatic hydroxyl groups excluding tert-OH is 1. The molecule has 1 fully saturated rings. The Morgan fingerprint density at radius 3 is 2.85 bits per heavy atom. The van der Waals surface area contributed by atoms with E-state index in [0.717, 1.165) is 25.0 Å². The van der Waals surface area contributed by atoms with Crippen LogP contribution in [0.4, 0.5) is 0 Å². The molecular formula is C26H32N2O4S. The van der Waals surface area contributed by atoms with Gasteiger partial charge in [0, 0.05) is 24.0 Å². The maximum Gasteiger partial charge on any atom is 0.237 e. The number of benzene rings is 1. The Bertz CT molecular complexity index is 963. The number of amides is 1. The van der Waals surface area contributed by atoms with Gasteiger partial charge in [0.1, 0.15) is 19.0 Å². The van der Waals surface area contributed by atoms with E-state index in [2.05, 4.69) is 22.3 Å². The normalized spacial score (nSPS) is 18.6. The second-order valence-corrected chi connectivity index (χ2v) is 9.81. The van der Waals surface area contributed by atoms with Crippen molar-refractivity contribution in [2.24, 2.45) is 0 Å². The maximum atomic E-state index is 13.5. The third-order valence-corrected chi connectivity index (χ3v) is 7.18. The van der Waals surface area contributed by atoms with Crippen LogP contribution in [-0.2, 0) is 16.0 Å². The van der Waals surface area contributed by atoms with Crippen molar-refractivity contribution in [2.45, 2.75) is 44.4 Å². The van der Waals surface area contributed by atoms with E-state index in [1.807, 2.05) is 36.1 Å². The number of ether oxygens (including phenoxy) is 2. The fourth-order valence-electron chi connectivity index (χ4n) is 4.31. The zero-order chi connectivity index (χ0) is 23.2. The fourth-order valence-corrected chi connectivity index (χ4v) is 5.24. The van der Waals surface area contributed by atoms with Gasteiger partial charge < -0.3 is 19.5 Å². The minimum Gasteiger partial charge on any atom is -0.491 e. The van der Waals surface area contributed by atoms with Crippen LogP contribution in [-0.4, -0.2) is 72.4 Å². The summed E-state index contributed by atoms with van der Waals surface area (Å²) in [6.07, 6.45) is 7.51. The number of hydrogen-bond acceptors (Lipinski definition) is 6.